The Morgan fingerprint density at radius 3 is 2.45 bits per heavy atom. The van der Waals surface area contributed by atoms with Crippen molar-refractivity contribution in [3.63, 3.8) is 0 Å². The van der Waals surface area contributed by atoms with Gasteiger partial charge in [-0.1, -0.05) is 48.0 Å². The molecule has 3 rings (SSSR count). The third kappa shape index (κ3) is 5.56. The van der Waals surface area contributed by atoms with Crippen molar-refractivity contribution in [3.05, 3.63) is 65.7 Å². The summed E-state index contributed by atoms with van der Waals surface area (Å²) in [5.41, 5.74) is 1.83. The fourth-order valence-electron chi connectivity index (χ4n) is 3.26. The molecule has 2 atom stereocenters. The van der Waals surface area contributed by atoms with Crippen molar-refractivity contribution >= 4 is 16.2 Å². The predicted molar refractivity (Wildman–Crippen MR) is 107 cm³/mol. The van der Waals surface area contributed by atoms with Gasteiger partial charge in [0, 0.05) is 7.11 Å². The van der Waals surface area contributed by atoms with E-state index in [1.807, 2.05) is 37.3 Å². The molecular weight excluding hydrogens is 394 g/mol. The SMILES string of the molecule is COC[C@@H]1C[C@@H](OS(=O)(=O)c2ccc(C)cc2)CN1C(=O)OCc1ccccc1. The summed E-state index contributed by atoms with van der Waals surface area (Å²) in [6.45, 7) is 2.41. The van der Waals surface area contributed by atoms with E-state index in [4.69, 9.17) is 13.7 Å². The summed E-state index contributed by atoms with van der Waals surface area (Å²) in [6, 6.07) is 15.5. The number of carbonyl (C=O) groups is 1. The first-order chi connectivity index (χ1) is 13.9. The van der Waals surface area contributed by atoms with Gasteiger partial charge in [-0.25, -0.2) is 4.79 Å². The molecule has 1 fully saturated rings. The lowest BCUT2D eigenvalue weighted by Crippen LogP contribution is -2.38. The summed E-state index contributed by atoms with van der Waals surface area (Å²) in [4.78, 5) is 14.1. The van der Waals surface area contributed by atoms with Gasteiger partial charge in [-0.05, 0) is 31.0 Å². The Labute approximate surface area is 171 Å². The van der Waals surface area contributed by atoms with Crippen molar-refractivity contribution in [1.82, 2.24) is 4.90 Å². The molecule has 1 aliphatic rings. The molecule has 0 saturated carbocycles. The van der Waals surface area contributed by atoms with E-state index in [2.05, 4.69) is 0 Å². The zero-order valence-corrected chi connectivity index (χ0v) is 17.3. The summed E-state index contributed by atoms with van der Waals surface area (Å²) in [6.07, 6.45) is -0.834. The van der Waals surface area contributed by atoms with Gasteiger partial charge in [0.05, 0.1) is 30.2 Å². The van der Waals surface area contributed by atoms with Crippen LogP contribution in [0.3, 0.4) is 0 Å². The largest absolute Gasteiger partial charge is 0.445 e. The Hall–Kier alpha value is -2.42. The Morgan fingerprint density at radius 2 is 1.79 bits per heavy atom. The number of amides is 1. The molecule has 0 spiro atoms. The molecule has 0 aromatic heterocycles. The maximum absolute atomic E-state index is 12.6. The molecule has 156 valence electrons. The maximum Gasteiger partial charge on any atom is 0.410 e. The second-order valence-electron chi connectivity index (χ2n) is 7.02. The van der Waals surface area contributed by atoms with E-state index in [0.717, 1.165) is 11.1 Å². The Bertz CT molecular complexity index is 914. The summed E-state index contributed by atoms with van der Waals surface area (Å²) >= 11 is 0. The second-order valence-corrected chi connectivity index (χ2v) is 8.59. The monoisotopic (exact) mass is 419 g/mol. The first-order valence-corrected chi connectivity index (χ1v) is 10.8. The summed E-state index contributed by atoms with van der Waals surface area (Å²) < 4.78 is 41.1. The average molecular weight is 419 g/mol. The first-order valence-electron chi connectivity index (χ1n) is 9.35. The van der Waals surface area contributed by atoms with Gasteiger partial charge in [0.25, 0.3) is 10.1 Å². The number of hydrogen-bond acceptors (Lipinski definition) is 6. The molecule has 2 aromatic carbocycles. The van der Waals surface area contributed by atoms with E-state index in [9.17, 15) is 13.2 Å². The normalized spacial score (nSPS) is 19.3. The minimum absolute atomic E-state index is 0.0940. The highest BCUT2D eigenvalue weighted by atomic mass is 32.2. The van der Waals surface area contributed by atoms with Crippen LogP contribution in [-0.2, 0) is 30.4 Å². The number of benzene rings is 2. The number of likely N-dealkylation sites (tertiary alicyclic amines) is 1. The number of carbonyl (C=O) groups excluding carboxylic acids is 1. The van der Waals surface area contributed by atoms with Crippen LogP contribution in [0.1, 0.15) is 17.5 Å². The quantitative estimate of drug-likeness (QED) is 0.642. The molecule has 1 saturated heterocycles. The predicted octanol–water partition coefficient (Wildman–Crippen LogP) is 3.13. The molecular formula is C21H25NO6S. The lowest BCUT2D eigenvalue weighted by Gasteiger charge is -2.23. The van der Waals surface area contributed by atoms with Gasteiger partial charge < -0.3 is 14.4 Å². The van der Waals surface area contributed by atoms with Gasteiger partial charge in [-0.15, -0.1) is 0 Å². The van der Waals surface area contributed by atoms with Crippen LogP contribution >= 0.6 is 0 Å². The minimum atomic E-state index is -3.92. The van der Waals surface area contributed by atoms with Crippen LogP contribution in [0.15, 0.2) is 59.5 Å². The summed E-state index contributed by atoms with van der Waals surface area (Å²) in [5.74, 6) is 0. The highest BCUT2D eigenvalue weighted by Crippen LogP contribution is 2.25. The number of rotatable bonds is 7. The fraction of sp³-hybridized carbons (Fsp3) is 0.381. The van der Waals surface area contributed by atoms with Gasteiger partial charge in [0.2, 0.25) is 0 Å². The highest BCUT2D eigenvalue weighted by Gasteiger charge is 2.39. The molecule has 2 aromatic rings. The van der Waals surface area contributed by atoms with Crippen LogP contribution in [0.25, 0.3) is 0 Å². The summed E-state index contributed by atoms with van der Waals surface area (Å²) in [7, 11) is -2.39. The van der Waals surface area contributed by atoms with Crippen LogP contribution in [0.2, 0.25) is 0 Å². The van der Waals surface area contributed by atoms with Crippen molar-refractivity contribution in [1.29, 1.82) is 0 Å². The maximum atomic E-state index is 12.6. The van der Waals surface area contributed by atoms with Gasteiger partial charge in [0.15, 0.2) is 0 Å². The second kappa shape index (κ2) is 9.39. The minimum Gasteiger partial charge on any atom is -0.445 e. The Kier molecular flexibility index (Phi) is 6.89. The molecule has 0 bridgehead atoms. The Morgan fingerprint density at radius 1 is 1.10 bits per heavy atom. The average Bonchev–Trinajstić information content (AvgIpc) is 3.09. The van der Waals surface area contributed by atoms with Crippen LogP contribution in [-0.4, -0.2) is 51.8 Å². The molecule has 29 heavy (non-hydrogen) atoms. The lowest BCUT2D eigenvalue weighted by atomic mass is 10.2. The van der Waals surface area contributed by atoms with Crippen molar-refractivity contribution in [2.75, 3.05) is 20.3 Å². The van der Waals surface area contributed by atoms with E-state index < -0.39 is 22.3 Å². The van der Waals surface area contributed by atoms with Gasteiger partial charge >= 0.3 is 6.09 Å². The summed E-state index contributed by atoms with van der Waals surface area (Å²) in [5, 5.41) is 0. The van der Waals surface area contributed by atoms with Gasteiger partial charge in [-0.3, -0.25) is 4.18 Å². The smallest absolute Gasteiger partial charge is 0.410 e. The molecule has 1 heterocycles. The van der Waals surface area contributed by atoms with Crippen LogP contribution in [0.5, 0.6) is 0 Å². The third-order valence-electron chi connectivity index (χ3n) is 4.75. The van der Waals surface area contributed by atoms with Crippen molar-refractivity contribution in [2.24, 2.45) is 0 Å². The molecule has 0 aliphatic carbocycles. The number of nitrogens with zero attached hydrogens (tertiary/aromatic N) is 1. The van der Waals surface area contributed by atoms with E-state index in [1.165, 1.54) is 24.1 Å². The number of methoxy groups -OCH3 is 1. The molecule has 8 heteroatoms. The molecule has 1 amide bonds. The highest BCUT2D eigenvalue weighted by molar-refractivity contribution is 7.86. The molecule has 0 unspecified atom stereocenters. The third-order valence-corrected chi connectivity index (χ3v) is 6.12. The molecule has 0 radical (unpaired) electrons. The van der Waals surface area contributed by atoms with Crippen molar-refractivity contribution in [3.8, 4) is 0 Å². The number of ether oxygens (including phenoxy) is 2. The molecule has 0 N–H and O–H groups in total. The van der Waals surface area contributed by atoms with E-state index >= 15 is 0 Å². The van der Waals surface area contributed by atoms with Crippen LogP contribution < -0.4 is 0 Å². The van der Waals surface area contributed by atoms with Crippen LogP contribution in [0, 0.1) is 6.92 Å². The zero-order chi connectivity index (χ0) is 20.9. The standard InChI is InChI=1S/C21H25NO6S/c1-16-8-10-20(11-9-16)29(24,25)28-19-12-18(15-26-2)22(13-19)21(23)27-14-17-6-4-3-5-7-17/h3-11,18-19H,12-15H2,1-2H3/t18-,19+/m0/s1. The van der Waals surface area contributed by atoms with Gasteiger partial charge in [0.1, 0.15) is 6.61 Å². The first kappa shape index (κ1) is 21.3. The fourth-order valence-corrected chi connectivity index (χ4v) is 4.34. The van der Waals surface area contributed by atoms with E-state index in [-0.39, 0.29) is 30.7 Å². The molecule has 7 nitrogen and oxygen atoms in total. The Balaban J connectivity index is 1.64. The van der Waals surface area contributed by atoms with Crippen molar-refractivity contribution in [2.45, 2.75) is 37.0 Å². The topological polar surface area (TPSA) is 82.1 Å². The van der Waals surface area contributed by atoms with Crippen molar-refractivity contribution < 1.29 is 26.9 Å². The number of hydrogen-bond donors (Lipinski definition) is 0. The molecule has 1 aliphatic heterocycles. The lowest BCUT2D eigenvalue weighted by molar-refractivity contribution is 0.0692. The van der Waals surface area contributed by atoms with E-state index in [1.54, 1.807) is 12.1 Å². The van der Waals surface area contributed by atoms with Gasteiger partial charge in [-0.2, -0.15) is 8.42 Å². The van der Waals surface area contributed by atoms with Crippen LogP contribution in [0.4, 0.5) is 4.79 Å². The van der Waals surface area contributed by atoms with E-state index in [0.29, 0.717) is 6.42 Å². The number of aryl methyl sites for hydroxylation is 1. The zero-order valence-electron chi connectivity index (χ0n) is 16.5.